The van der Waals surface area contributed by atoms with E-state index in [2.05, 4.69) is 49.9 Å². The van der Waals surface area contributed by atoms with Gasteiger partial charge >= 0.3 is 11.6 Å². The third kappa shape index (κ3) is 5.92. The maximum atomic E-state index is 13.4. The van der Waals surface area contributed by atoms with Crippen molar-refractivity contribution >= 4 is 34.1 Å². The van der Waals surface area contributed by atoms with Crippen molar-refractivity contribution in [3.05, 3.63) is 104 Å². The molecule has 6 heteroatoms. The normalized spacial score (nSPS) is 15.0. The lowest BCUT2D eigenvalue weighted by Crippen LogP contribution is -2.17. The Hall–Kier alpha value is -4.32. The van der Waals surface area contributed by atoms with Gasteiger partial charge in [-0.1, -0.05) is 30.7 Å². The average molecular weight is 552 g/mol. The summed E-state index contributed by atoms with van der Waals surface area (Å²) in [6.07, 6.45) is 3.25. The Labute approximate surface area is 241 Å². The minimum absolute atomic E-state index is 0.363. The van der Waals surface area contributed by atoms with Gasteiger partial charge in [0.1, 0.15) is 22.7 Å². The number of aryl methyl sites for hydroxylation is 3. The van der Waals surface area contributed by atoms with Gasteiger partial charge < -0.3 is 18.8 Å². The number of hydrogen-bond acceptors (Lipinski definition) is 6. The van der Waals surface area contributed by atoms with Gasteiger partial charge in [0.25, 0.3) is 0 Å². The molecule has 0 saturated heterocycles. The number of anilines is 2. The molecule has 0 atom stereocenters. The molecule has 0 bridgehead atoms. The Morgan fingerprint density at radius 2 is 1.78 bits per heavy atom. The SMILES string of the molecule is CCCOC(=O)c1ccc2c(c1)O/C(c1cc3ccc(N(CC)c4ccc(C)cc4C)cc3oc1=O)=C(\C)CCC2. The molecule has 0 amide bonds. The van der Waals surface area contributed by atoms with Crippen LogP contribution >= 0.6 is 0 Å². The molecule has 0 aliphatic carbocycles. The van der Waals surface area contributed by atoms with E-state index >= 15 is 0 Å². The van der Waals surface area contributed by atoms with Crippen LogP contribution < -0.4 is 15.3 Å². The molecule has 0 spiro atoms. The summed E-state index contributed by atoms with van der Waals surface area (Å²) in [5, 5.41) is 0.808. The Balaban J connectivity index is 1.52. The highest BCUT2D eigenvalue weighted by Gasteiger charge is 2.21. The first kappa shape index (κ1) is 28.2. The first-order chi connectivity index (χ1) is 19.8. The number of esters is 1. The molecule has 0 radical (unpaired) electrons. The summed E-state index contributed by atoms with van der Waals surface area (Å²) in [4.78, 5) is 28.2. The summed E-state index contributed by atoms with van der Waals surface area (Å²) in [5.41, 5.74) is 7.30. The maximum Gasteiger partial charge on any atom is 0.347 e. The molecule has 2 heterocycles. The van der Waals surface area contributed by atoms with Crippen LogP contribution in [0.5, 0.6) is 5.75 Å². The zero-order valence-corrected chi connectivity index (χ0v) is 24.5. The Morgan fingerprint density at radius 3 is 2.54 bits per heavy atom. The van der Waals surface area contributed by atoms with Crippen LogP contribution in [0.3, 0.4) is 0 Å². The van der Waals surface area contributed by atoms with E-state index < -0.39 is 5.63 Å². The standard InChI is InChI=1S/C35H37NO5/c1-6-17-39-34(37)27-13-12-25-10-8-9-23(4)33(40-31(25)20-27)29-19-26-14-15-28(21-32(26)41-35(29)38)36(7-2)30-16-11-22(3)18-24(30)5/h11-16,18-21H,6-10,17H2,1-5H3/b33-23+. The Kier molecular flexibility index (Phi) is 8.29. The number of hydrogen-bond donors (Lipinski definition) is 0. The maximum absolute atomic E-state index is 13.4. The molecule has 5 rings (SSSR count). The summed E-state index contributed by atoms with van der Waals surface area (Å²) in [5.74, 6) is 0.660. The van der Waals surface area contributed by atoms with Crippen molar-refractivity contribution in [3.63, 3.8) is 0 Å². The van der Waals surface area contributed by atoms with Crippen LogP contribution in [0.1, 0.15) is 72.6 Å². The van der Waals surface area contributed by atoms with Crippen molar-refractivity contribution in [2.45, 2.75) is 60.3 Å². The van der Waals surface area contributed by atoms with Crippen LogP contribution in [-0.4, -0.2) is 19.1 Å². The molecule has 1 aromatic heterocycles. The molecule has 41 heavy (non-hydrogen) atoms. The van der Waals surface area contributed by atoms with Crippen molar-refractivity contribution in [2.24, 2.45) is 0 Å². The zero-order chi connectivity index (χ0) is 29.1. The van der Waals surface area contributed by atoms with Gasteiger partial charge in [0.15, 0.2) is 0 Å². The summed E-state index contributed by atoms with van der Waals surface area (Å²) in [7, 11) is 0. The fourth-order valence-electron chi connectivity index (χ4n) is 5.43. The molecular formula is C35H37NO5. The lowest BCUT2D eigenvalue weighted by Gasteiger charge is -2.25. The fraction of sp³-hybridized carbons (Fsp3) is 0.314. The zero-order valence-electron chi connectivity index (χ0n) is 24.5. The highest BCUT2D eigenvalue weighted by molar-refractivity contribution is 5.90. The van der Waals surface area contributed by atoms with Crippen molar-refractivity contribution in [3.8, 4) is 5.75 Å². The highest BCUT2D eigenvalue weighted by Crippen LogP contribution is 2.35. The number of benzene rings is 3. The molecular weight excluding hydrogens is 514 g/mol. The molecule has 0 unspecified atom stereocenters. The lowest BCUT2D eigenvalue weighted by atomic mass is 9.98. The number of allylic oxidation sites excluding steroid dienone is 1. The number of fused-ring (bicyclic) bond motifs is 2. The van der Waals surface area contributed by atoms with Gasteiger partial charge in [0.2, 0.25) is 0 Å². The fourth-order valence-corrected chi connectivity index (χ4v) is 5.43. The van der Waals surface area contributed by atoms with Gasteiger partial charge in [0.05, 0.1) is 12.2 Å². The molecule has 212 valence electrons. The van der Waals surface area contributed by atoms with Gasteiger partial charge in [-0.15, -0.1) is 0 Å². The van der Waals surface area contributed by atoms with Gasteiger partial charge in [-0.2, -0.15) is 0 Å². The molecule has 1 aliphatic rings. The number of nitrogens with zero attached hydrogens (tertiary/aromatic N) is 1. The van der Waals surface area contributed by atoms with Crippen molar-refractivity contribution in [1.82, 2.24) is 0 Å². The summed E-state index contributed by atoms with van der Waals surface area (Å²) in [6, 6.07) is 19.6. The second kappa shape index (κ2) is 12.0. The van der Waals surface area contributed by atoms with Crippen LogP contribution in [0, 0.1) is 13.8 Å². The first-order valence-corrected chi connectivity index (χ1v) is 14.4. The van der Waals surface area contributed by atoms with Crippen LogP contribution in [-0.2, 0) is 11.2 Å². The van der Waals surface area contributed by atoms with Crippen LogP contribution in [0.4, 0.5) is 11.4 Å². The number of rotatable bonds is 7. The number of carbonyl (C=O) groups is 1. The summed E-state index contributed by atoms with van der Waals surface area (Å²) >= 11 is 0. The molecule has 1 aliphatic heterocycles. The highest BCUT2D eigenvalue weighted by atomic mass is 16.5. The van der Waals surface area contributed by atoms with E-state index in [1.54, 1.807) is 12.1 Å². The molecule has 3 aromatic carbocycles. The minimum Gasteiger partial charge on any atom is -0.462 e. The average Bonchev–Trinajstić information content (AvgIpc) is 2.95. The van der Waals surface area contributed by atoms with E-state index in [1.165, 1.54) is 11.1 Å². The predicted molar refractivity (Wildman–Crippen MR) is 164 cm³/mol. The molecule has 4 aromatic rings. The smallest absolute Gasteiger partial charge is 0.347 e. The van der Waals surface area contributed by atoms with Crippen molar-refractivity contribution in [2.75, 3.05) is 18.1 Å². The number of carbonyl (C=O) groups excluding carboxylic acids is 1. The van der Waals surface area contributed by atoms with Crippen molar-refractivity contribution < 1.29 is 18.7 Å². The van der Waals surface area contributed by atoms with Crippen molar-refractivity contribution in [1.29, 1.82) is 0 Å². The van der Waals surface area contributed by atoms with Gasteiger partial charge in [-0.3, -0.25) is 0 Å². The summed E-state index contributed by atoms with van der Waals surface area (Å²) < 4.78 is 17.7. The number of ether oxygens (including phenoxy) is 2. The van der Waals surface area contributed by atoms with Crippen LogP contribution in [0.2, 0.25) is 0 Å². The quantitative estimate of drug-likeness (QED) is 0.170. The topological polar surface area (TPSA) is 69.0 Å². The summed E-state index contributed by atoms with van der Waals surface area (Å²) in [6.45, 7) is 11.4. The lowest BCUT2D eigenvalue weighted by molar-refractivity contribution is 0.0504. The minimum atomic E-state index is -0.459. The van der Waals surface area contributed by atoms with Crippen LogP contribution in [0.25, 0.3) is 16.7 Å². The van der Waals surface area contributed by atoms with E-state index in [-0.39, 0.29) is 5.97 Å². The van der Waals surface area contributed by atoms with E-state index in [9.17, 15) is 9.59 Å². The third-order valence-corrected chi connectivity index (χ3v) is 7.57. The first-order valence-electron chi connectivity index (χ1n) is 14.4. The molecule has 0 fully saturated rings. The Morgan fingerprint density at radius 1 is 0.951 bits per heavy atom. The molecule has 0 N–H and O–H groups in total. The van der Waals surface area contributed by atoms with E-state index in [4.69, 9.17) is 13.9 Å². The van der Waals surface area contributed by atoms with E-state index in [0.717, 1.165) is 60.1 Å². The van der Waals surface area contributed by atoms with E-state index in [0.29, 0.717) is 34.8 Å². The largest absolute Gasteiger partial charge is 0.462 e. The van der Waals surface area contributed by atoms with Gasteiger partial charge in [0, 0.05) is 29.4 Å². The van der Waals surface area contributed by atoms with Crippen LogP contribution in [0.15, 0.2) is 75.4 Å². The second-order valence-electron chi connectivity index (χ2n) is 10.7. The predicted octanol–water partition coefficient (Wildman–Crippen LogP) is 8.28. The molecule has 0 saturated carbocycles. The Bertz CT molecular complexity index is 1700. The molecule has 6 nitrogen and oxygen atoms in total. The second-order valence-corrected chi connectivity index (χ2v) is 10.7. The van der Waals surface area contributed by atoms with Gasteiger partial charge in [-0.25, -0.2) is 9.59 Å². The van der Waals surface area contributed by atoms with Gasteiger partial charge in [-0.05, 0) is 106 Å². The third-order valence-electron chi connectivity index (χ3n) is 7.57. The van der Waals surface area contributed by atoms with E-state index in [1.807, 2.05) is 38.1 Å². The monoisotopic (exact) mass is 551 g/mol.